The molecule has 0 N–H and O–H groups in total. The quantitative estimate of drug-likeness (QED) is 0.0195. The number of esters is 2. The van der Waals surface area contributed by atoms with Crippen molar-refractivity contribution in [3.63, 3.8) is 0 Å². The molecule has 0 aliphatic heterocycles. The minimum Gasteiger partial charge on any atom is -0.756 e. The van der Waals surface area contributed by atoms with Crippen molar-refractivity contribution < 1.29 is 42.1 Å². The van der Waals surface area contributed by atoms with Crippen LogP contribution in [0, 0.1) is 0 Å². The van der Waals surface area contributed by atoms with Gasteiger partial charge in [0.25, 0.3) is 7.82 Å². The Kier molecular flexibility index (Phi) is 57.5. The first-order valence-electron chi connectivity index (χ1n) is 33.2. The number of unbranched alkanes of at least 4 members (excludes halogenated alkanes) is 42. The van der Waals surface area contributed by atoms with E-state index >= 15 is 0 Å². The van der Waals surface area contributed by atoms with Crippen molar-refractivity contribution in [3.8, 4) is 0 Å². The number of carbonyl (C=O) groups is 2. The fourth-order valence-corrected chi connectivity index (χ4v) is 10.5. The third-order valence-corrected chi connectivity index (χ3v) is 15.9. The third kappa shape index (κ3) is 63.3. The Bertz CT molecular complexity index is 1390. The van der Waals surface area contributed by atoms with Crippen molar-refractivity contribution >= 4 is 19.8 Å². The van der Waals surface area contributed by atoms with E-state index in [1.807, 2.05) is 21.1 Å². The molecule has 2 unspecified atom stereocenters. The molecule has 0 aliphatic carbocycles. The van der Waals surface area contributed by atoms with Crippen molar-refractivity contribution in [2.24, 2.45) is 0 Å². The van der Waals surface area contributed by atoms with Crippen molar-refractivity contribution in [1.29, 1.82) is 0 Å². The number of phosphoric acid groups is 1. The van der Waals surface area contributed by atoms with Crippen LogP contribution in [0.25, 0.3) is 0 Å². The summed E-state index contributed by atoms with van der Waals surface area (Å²) in [4.78, 5) is 38.0. The zero-order valence-electron chi connectivity index (χ0n) is 51.7. The molecular weight excluding hydrogens is 978 g/mol. The maximum absolute atomic E-state index is 12.8. The van der Waals surface area contributed by atoms with E-state index in [0.29, 0.717) is 17.4 Å². The van der Waals surface area contributed by atoms with Crippen LogP contribution in [0.1, 0.15) is 328 Å². The second-order valence-electron chi connectivity index (χ2n) is 23.8. The van der Waals surface area contributed by atoms with Crippen LogP contribution < -0.4 is 4.89 Å². The number of ether oxygens (including phenoxy) is 2. The summed E-state index contributed by atoms with van der Waals surface area (Å²) in [5.41, 5.74) is 0. The molecule has 2 atom stereocenters. The summed E-state index contributed by atoms with van der Waals surface area (Å²) in [6.07, 6.45) is 73.6. The number of carbonyl (C=O) groups excluding carboxylic acids is 2. The van der Waals surface area contributed by atoms with E-state index in [0.717, 1.165) is 44.9 Å². The van der Waals surface area contributed by atoms with Crippen LogP contribution in [0.2, 0.25) is 0 Å². The van der Waals surface area contributed by atoms with E-state index in [9.17, 15) is 19.0 Å². The number of hydrogen-bond acceptors (Lipinski definition) is 8. The highest BCUT2D eigenvalue weighted by molar-refractivity contribution is 7.45. The molecule has 0 spiro atoms. The lowest BCUT2D eigenvalue weighted by atomic mass is 10.0. The van der Waals surface area contributed by atoms with Gasteiger partial charge in [0.1, 0.15) is 19.8 Å². The van der Waals surface area contributed by atoms with Gasteiger partial charge in [0, 0.05) is 12.8 Å². The van der Waals surface area contributed by atoms with Crippen LogP contribution in [0.3, 0.4) is 0 Å². The van der Waals surface area contributed by atoms with Crippen LogP contribution >= 0.6 is 7.82 Å². The van der Waals surface area contributed by atoms with Gasteiger partial charge in [-0.15, -0.1) is 0 Å². The SMILES string of the molecule is CCCCCCC/C=C\C/C=C\C/C=C\CCCCCCCCCCCCCCCCCCCCC(=O)OC(COC(=O)CCCCCCCCCCCCCCCCCCCCCC)COP(=O)([O-])OCC[N+](C)(C)C. The van der Waals surface area contributed by atoms with Gasteiger partial charge >= 0.3 is 11.9 Å². The minimum absolute atomic E-state index is 0.0278. The summed E-state index contributed by atoms with van der Waals surface area (Å²) in [5.74, 6) is -0.813. The number of quaternary nitrogens is 1. The molecule has 0 aromatic rings. The van der Waals surface area contributed by atoms with Crippen molar-refractivity contribution in [1.82, 2.24) is 0 Å². The Labute approximate surface area is 478 Å². The number of allylic oxidation sites excluding steroid dienone is 6. The Balaban J connectivity index is 4.01. The molecule has 0 aromatic heterocycles. The second kappa shape index (κ2) is 58.9. The van der Waals surface area contributed by atoms with Gasteiger partial charge in [0.2, 0.25) is 0 Å². The van der Waals surface area contributed by atoms with Crippen LogP contribution in [0.4, 0.5) is 0 Å². The van der Waals surface area contributed by atoms with Gasteiger partial charge in [0.15, 0.2) is 6.10 Å². The maximum Gasteiger partial charge on any atom is 0.306 e. The molecule has 9 nitrogen and oxygen atoms in total. The van der Waals surface area contributed by atoms with E-state index < -0.39 is 26.5 Å². The lowest BCUT2D eigenvalue weighted by Gasteiger charge is -2.28. The van der Waals surface area contributed by atoms with E-state index in [1.54, 1.807) is 0 Å². The Hall–Kier alpha value is -1.77. The minimum atomic E-state index is -4.64. The monoisotopic (exact) mass is 1110 g/mol. The smallest absolute Gasteiger partial charge is 0.306 e. The molecule has 10 heteroatoms. The number of phosphoric ester groups is 1. The Morgan fingerprint density at radius 1 is 0.403 bits per heavy atom. The molecule has 0 fully saturated rings. The Morgan fingerprint density at radius 2 is 0.701 bits per heavy atom. The molecule has 0 bridgehead atoms. The van der Waals surface area contributed by atoms with Gasteiger partial charge in [0.05, 0.1) is 27.7 Å². The first-order chi connectivity index (χ1) is 37.5. The number of nitrogens with zero attached hydrogens (tertiary/aromatic N) is 1. The average Bonchev–Trinajstić information content (AvgIpc) is 3.39. The van der Waals surface area contributed by atoms with Crippen LogP contribution in [-0.4, -0.2) is 70.0 Å². The zero-order chi connectivity index (χ0) is 56.3. The predicted octanol–water partition coefficient (Wildman–Crippen LogP) is 20.5. The summed E-state index contributed by atoms with van der Waals surface area (Å²) < 4.78 is 34.3. The number of hydrogen-bond donors (Lipinski definition) is 0. The van der Waals surface area contributed by atoms with Gasteiger partial charge in [-0.2, -0.15) is 0 Å². The zero-order valence-corrected chi connectivity index (χ0v) is 52.6. The first-order valence-corrected chi connectivity index (χ1v) is 34.7. The molecule has 454 valence electrons. The maximum atomic E-state index is 12.8. The molecule has 0 radical (unpaired) electrons. The highest BCUT2D eigenvalue weighted by atomic mass is 31.2. The fourth-order valence-electron chi connectivity index (χ4n) is 9.79. The van der Waals surface area contributed by atoms with Gasteiger partial charge in [-0.1, -0.05) is 301 Å². The molecule has 0 heterocycles. The van der Waals surface area contributed by atoms with Gasteiger partial charge in [-0.3, -0.25) is 14.2 Å². The molecule has 0 saturated carbocycles. The number of rotatable bonds is 62. The fraction of sp³-hybridized carbons (Fsp3) is 0.881. The summed E-state index contributed by atoms with van der Waals surface area (Å²) in [5, 5.41) is 0. The normalized spacial score (nSPS) is 13.4. The van der Waals surface area contributed by atoms with Crippen LogP contribution in [0.5, 0.6) is 0 Å². The van der Waals surface area contributed by atoms with E-state index in [2.05, 4.69) is 50.3 Å². The van der Waals surface area contributed by atoms with Gasteiger partial charge < -0.3 is 27.9 Å². The van der Waals surface area contributed by atoms with E-state index in [4.69, 9.17) is 18.5 Å². The molecular formula is C67H128NO8P. The predicted molar refractivity (Wildman–Crippen MR) is 328 cm³/mol. The van der Waals surface area contributed by atoms with Crippen molar-refractivity contribution in [2.75, 3.05) is 47.5 Å². The molecule has 0 aromatic carbocycles. The average molecular weight is 1110 g/mol. The topological polar surface area (TPSA) is 111 Å². The first kappa shape index (κ1) is 75.2. The highest BCUT2D eigenvalue weighted by Gasteiger charge is 2.22. The molecule has 0 rings (SSSR count). The third-order valence-electron chi connectivity index (χ3n) is 14.9. The lowest BCUT2D eigenvalue weighted by molar-refractivity contribution is -0.870. The standard InChI is InChI=1S/C67H128NO8P/c1-6-8-10-12-14-16-18-20-22-24-26-28-29-30-31-32-33-34-35-36-37-38-39-40-42-44-46-48-50-52-54-56-58-60-67(70)76-65(64-75-77(71,72)74-62-61-68(3,4)5)63-73-66(69)59-57-55-53-51-49-47-45-43-41-27-25-23-21-19-17-15-13-11-9-7-2/h18,20,24,26,29-30,65H,6-17,19,21-23,25,27-28,31-64H2,1-5H3/b20-18-,26-24-,30-29-. The molecule has 0 amide bonds. The lowest BCUT2D eigenvalue weighted by Crippen LogP contribution is -2.37. The summed E-state index contributed by atoms with van der Waals surface area (Å²) in [7, 11) is 1.18. The molecule has 0 aliphatic rings. The highest BCUT2D eigenvalue weighted by Crippen LogP contribution is 2.38. The summed E-state index contributed by atoms with van der Waals surface area (Å²) >= 11 is 0. The van der Waals surface area contributed by atoms with Crippen LogP contribution in [0.15, 0.2) is 36.5 Å². The van der Waals surface area contributed by atoms with E-state index in [-0.39, 0.29) is 32.0 Å². The van der Waals surface area contributed by atoms with Crippen molar-refractivity contribution in [2.45, 2.75) is 335 Å². The molecule has 77 heavy (non-hydrogen) atoms. The largest absolute Gasteiger partial charge is 0.756 e. The van der Waals surface area contributed by atoms with Crippen LogP contribution in [-0.2, 0) is 32.7 Å². The van der Waals surface area contributed by atoms with E-state index in [1.165, 1.54) is 250 Å². The van der Waals surface area contributed by atoms with Gasteiger partial charge in [-0.05, 0) is 51.4 Å². The summed E-state index contributed by atoms with van der Waals surface area (Å²) in [6.45, 7) is 4.29. The van der Waals surface area contributed by atoms with Gasteiger partial charge in [-0.25, -0.2) is 0 Å². The summed E-state index contributed by atoms with van der Waals surface area (Å²) in [6, 6.07) is 0. The second-order valence-corrected chi connectivity index (χ2v) is 25.3. The number of likely N-dealkylation sites (N-methyl/N-ethyl adjacent to an activating group) is 1. The Morgan fingerprint density at radius 3 is 1.04 bits per heavy atom. The molecule has 0 saturated heterocycles. The van der Waals surface area contributed by atoms with Crippen molar-refractivity contribution in [3.05, 3.63) is 36.5 Å².